The monoisotopic (exact) mass is 443 g/mol. The van der Waals surface area contributed by atoms with Gasteiger partial charge in [0.25, 0.3) is 0 Å². The van der Waals surface area contributed by atoms with Crippen LogP contribution in [0.2, 0.25) is 0 Å². The molecule has 3 aromatic rings. The summed E-state index contributed by atoms with van der Waals surface area (Å²) < 4.78 is 41.2. The van der Waals surface area contributed by atoms with Crippen molar-refractivity contribution in [1.82, 2.24) is 19.1 Å². The molecule has 0 saturated carbocycles. The smallest absolute Gasteiger partial charge is 0.243 e. The van der Waals surface area contributed by atoms with Crippen LogP contribution >= 0.6 is 0 Å². The average Bonchev–Trinajstić information content (AvgIpc) is 3.22. The van der Waals surface area contributed by atoms with Crippen molar-refractivity contribution in [3.63, 3.8) is 0 Å². The topological polar surface area (TPSA) is 97.2 Å². The molecule has 0 spiro atoms. The Morgan fingerprint density at radius 1 is 1.26 bits per heavy atom. The van der Waals surface area contributed by atoms with Crippen molar-refractivity contribution in [2.75, 3.05) is 18.9 Å². The Morgan fingerprint density at radius 3 is 2.81 bits per heavy atom. The fourth-order valence-corrected chi connectivity index (χ4v) is 4.80. The summed E-state index contributed by atoms with van der Waals surface area (Å²) in [4.78, 5) is 12.4. The van der Waals surface area contributed by atoms with Gasteiger partial charge in [-0.1, -0.05) is 12.1 Å². The minimum Gasteiger partial charge on any atom is -0.325 e. The van der Waals surface area contributed by atoms with E-state index >= 15 is 0 Å². The predicted octanol–water partition coefficient (Wildman–Crippen LogP) is 2.41. The summed E-state index contributed by atoms with van der Waals surface area (Å²) >= 11 is 0. The number of carbonyl (C=O) groups excluding carboxylic acids is 1. The van der Waals surface area contributed by atoms with Crippen molar-refractivity contribution in [2.24, 2.45) is 0 Å². The van der Waals surface area contributed by atoms with Crippen LogP contribution in [0, 0.1) is 5.82 Å². The first kappa shape index (κ1) is 21.1. The second-order valence-corrected chi connectivity index (χ2v) is 9.57. The fourth-order valence-electron chi connectivity index (χ4n) is 3.67. The number of hydrogen-bond acceptors (Lipinski definition) is 5. The standard InChI is InChI=1S/C21H22FN5O3S/c1-26(31(29,30)19-8-6-17(22)7-9-19)13-21(28)24-18-4-2-3-15(11-18)16-5-10-20-25-23-14-27(20)12-16/h2-4,6-9,11,14,16H,5,10,12-13H2,1H3,(H,24,28)/t16-/m1/s1. The molecule has 10 heteroatoms. The van der Waals surface area contributed by atoms with Crippen LogP contribution in [0.4, 0.5) is 10.1 Å². The maximum atomic E-state index is 13.1. The Balaban J connectivity index is 1.41. The molecular weight excluding hydrogens is 421 g/mol. The molecule has 1 atom stereocenters. The summed E-state index contributed by atoms with van der Waals surface area (Å²) in [6.45, 7) is 0.413. The van der Waals surface area contributed by atoms with Gasteiger partial charge < -0.3 is 9.88 Å². The minimum atomic E-state index is -3.90. The lowest BCUT2D eigenvalue weighted by Gasteiger charge is -2.24. The molecule has 1 aliphatic rings. The Kier molecular flexibility index (Phi) is 5.84. The second-order valence-electron chi connectivity index (χ2n) is 7.52. The number of anilines is 1. The lowest BCUT2D eigenvalue weighted by Crippen LogP contribution is -2.35. The molecule has 0 saturated heterocycles. The van der Waals surface area contributed by atoms with Gasteiger partial charge in [0.1, 0.15) is 18.0 Å². The predicted molar refractivity (Wildman–Crippen MR) is 112 cm³/mol. The van der Waals surface area contributed by atoms with E-state index in [1.165, 1.54) is 19.2 Å². The van der Waals surface area contributed by atoms with Crippen LogP contribution in [0.5, 0.6) is 0 Å². The van der Waals surface area contributed by atoms with Crippen molar-refractivity contribution in [3.8, 4) is 0 Å². The molecule has 1 aromatic heterocycles. The van der Waals surface area contributed by atoms with E-state index in [1.807, 2.05) is 22.8 Å². The van der Waals surface area contributed by atoms with Crippen LogP contribution in [0.1, 0.15) is 23.7 Å². The number of hydrogen-bond donors (Lipinski definition) is 1. The molecule has 4 rings (SSSR count). The number of amides is 1. The maximum Gasteiger partial charge on any atom is 0.243 e. The van der Waals surface area contributed by atoms with Crippen LogP contribution in [-0.4, -0.2) is 47.0 Å². The zero-order valence-corrected chi connectivity index (χ0v) is 17.7. The quantitative estimate of drug-likeness (QED) is 0.631. The molecule has 0 aliphatic carbocycles. The highest BCUT2D eigenvalue weighted by molar-refractivity contribution is 7.89. The molecule has 2 heterocycles. The number of nitrogens with one attached hydrogen (secondary N) is 1. The highest BCUT2D eigenvalue weighted by atomic mass is 32.2. The average molecular weight is 444 g/mol. The SMILES string of the molecule is CN(CC(=O)Nc1cccc([C@@H]2CCc3nncn3C2)c1)S(=O)(=O)c1ccc(F)cc1. The summed E-state index contributed by atoms with van der Waals surface area (Å²) in [5.41, 5.74) is 1.69. The third-order valence-corrected chi connectivity index (χ3v) is 7.18. The molecule has 0 fully saturated rings. The number of likely N-dealkylation sites (N-methyl/N-ethyl adjacent to an activating group) is 1. The van der Waals surface area contributed by atoms with Crippen molar-refractivity contribution in [3.05, 3.63) is 72.1 Å². The number of aryl methyl sites for hydroxylation is 1. The molecule has 8 nitrogen and oxygen atoms in total. The van der Waals surface area contributed by atoms with Gasteiger partial charge in [-0.05, 0) is 48.4 Å². The van der Waals surface area contributed by atoms with E-state index < -0.39 is 21.7 Å². The Morgan fingerprint density at radius 2 is 2.03 bits per heavy atom. The van der Waals surface area contributed by atoms with Gasteiger partial charge in [0.05, 0.1) is 11.4 Å². The highest BCUT2D eigenvalue weighted by Gasteiger charge is 2.24. The lowest BCUT2D eigenvalue weighted by molar-refractivity contribution is -0.116. The van der Waals surface area contributed by atoms with Gasteiger partial charge in [-0.3, -0.25) is 4.79 Å². The van der Waals surface area contributed by atoms with Crippen molar-refractivity contribution in [1.29, 1.82) is 0 Å². The largest absolute Gasteiger partial charge is 0.325 e. The normalized spacial score (nSPS) is 16.2. The lowest BCUT2D eigenvalue weighted by atomic mass is 9.91. The third-order valence-electron chi connectivity index (χ3n) is 5.36. The van der Waals surface area contributed by atoms with Crippen molar-refractivity contribution in [2.45, 2.75) is 30.2 Å². The molecule has 1 aliphatic heterocycles. The highest BCUT2D eigenvalue weighted by Crippen LogP contribution is 2.29. The zero-order chi connectivity index (χ0) is 22.0. The summed E-state index contributed by atoms with van der Waals surface area (Å²) in [7, 11) is -2.59. The molecule has 162 valence electrons. The Hall–Kier alpha value is -3.11. The molecule has 0 unspecified atom stereocenters. The molecule has 2 aromatic carbocycles. The van der Waals surface area contributed by atoms with E-state index in [0.717, 1.165) is 47.2 Å². The Bertz CT molecular complexity index is 1190. The first-order valence-corrected chi connectivity index (χ1v) is 11.3. The van der Waals surface area contributed by atoms with Gasteiger partial charge in [-0.15, -0.1) is 10.2 Å². The van der Waals surface area contributed by atoms with Gasteiger partial charge in [0.2, 0.25) is 15.9 Å². The van der Waals surface area contributed by atoms with Crippen molar-refractivity contribution < 1.29 is 17.6 Å². The number of rotatable bonds is 6. The van der Waals surface area contributed by atoms with E-state index in [2.05, 4.69) is 15.5 Å². The van der Waals surface area contributed by atoms with Crippen LogP contribution in [0.3, 0.4) is 0 Å². The molecule has 1 amide bonds. The number of nitrogens with zero attached hydrogens (tertiary/aromatic N) is 4. The van der Waals surface area contributed by atoms with Crippen LogP contribution in [-0.2, 0) is 27.8 Å². The molecule has 31 heavy (non-hydrogen) atoms. The van der Waals surface area contributed by atoms with Crippen LogP contribution in [0.15, 0.2) is 59.8 Å². The summed E-state index contributed by atoms with van der Waals surface area (Å²) in [5, 5.41) is 10.8. The molecular formula is C21H22FN5O3S. The van der Waals surface area contributed by atoms with Gasteiger partial charge in [-0.2, -0.15) is 4.31 Å². The maximum absolute atomic E-state index is 13.1. The number of halogens is 1. The number of carbonyl (C=O) groups is 1. The fraction of sp³-hybridized carbons (Fsp3) is 0.286. The van der Waals surface area contributed by atoms with Crippen molar-refractivity contribution >= 4 is 21.6 Å². The van der Waals surface area contributed by atoms with Gasteiger partial charge in [0, 0.05) is 31.6 Å². The van der Waals surface area contributed by atoms with E-state index in [4.69, 9.17) is 0 Å². The number of benzene rings is 2. The van der Waals surface area contributed by atoms with E-state index in [9.17, 15) is 17.6 Å². The summed E-state index contributed by atoms with van der Waals surface area (Å²) in [5.74, 6) is 0.265. The number of aromatic nitrogens is 3. The third kappa shape index (κ3) is 4.64. The molecule has 0 bridgehead atoms. The first-order chi connectivity index (χ1) is 14.8. The van der Waals surface area contributed by atoms with Gasteiger partial charge in [-0.25, -0.2) is 12.8 Å². The van der Waals surface area contributed by atoms with Gasteiger partial charge >= 0.3 is 0 Å². The summed E-state index contributed by atoms with van der Waals surface area (Å²) in [6, 6.07) is 12.0. The molecule has 0 radical (unpaired) electrons. The number of sulfonamides is 1. The van der Waals surface area contributed by atoms with E-state index in [-0.39, 0.29) is 17.4 Å². The van der Waals surface area contributed by atoms with Crippen LogP contribution < -0.4 is 5.32 Å². The van der Waals surface area contributed by atoms with Crippen LogP contribution in [0.25, 0.3) is 0 Å². The first-order valence-electron chi connectivity index (χ1n) is 9.81. The minimum absolute atomic E-state index is 0.0724. The Labute approximate surface area is 179 Å². The number of fused-ring (bicyclic) bond motifs is 1. The molecule has 1 N–H and O–H groups in total. The second kappa shape index (κ2) is 8.56. The summed E-state index contributed by atoms with van der Waals surface area (Å²) in [6.07, 6.45) is 3.51. The van der Waals surface area contributed by atoms with Gasteiger partial charge in [0.15, 0.2) is 0 Å². The van der Waals surface area contributed by atoms with E-state index in [1.54, 1.807) is 12.4 Å². The van der Waals surface area contributed by atoms with E-state index in [0.29, 0.717) is 5.69 Å². The zero-order valence-electron chi connectivity index (χ0n) is 16.9.